The Balaban J connectivity index is 1.91. The second-order valence-electron chi connectivity index (χ2n) is 6.93. The van der Waals surface area contributed by atoms with Crippen LogP contribution in [0, 0.1) is 0 Å². The van der Waals surface area contributed by atoms with Gasteiger partial charge < -0.3 is 19.3 Å². The zero-order valence-electron chi connectivity index (χ0n) is 17.5. The number of hydrogen-bond donors (Lipinski definition) is 1. The number of piperazine rings is 1. The van der Waals surface area contributed by atoms with Gasteiger partial charge in [0.1, 0.15) is 11.8 Å². The lowest BCUT2D eigenvalue weighted by molar-refractivity contribution is -0.161. The molecule has 11 heteroatoms. The van der Waals surface area contributed by atoms with Gasteiger partial charge in [-0.25, -0.2) is 8.42 Å². The van der Waals surface area contributed by atoms with Crippen molar-refractivity contribution >= 4 is 27.8 Å². The van der Waals surface area contributed by atoms with Crippen molar-refractivity contribution in [3.63, 3.8) is 0 Å². The first-order chi connectivity index (χ1) is 14.0. The summed E-state index contributed by atoms with van der Waals surface area (Å²) in [5.74, 6) is -0.815. The van der Waals surface area contributed by atoms with Crippen LogP contribution in [0.4, 0.5) is 0 Å². The minimum absolute atomic E-state index is 0.0320. The van der Waals surface area contributed by atoms with E-state index in [1.807, 2.05) is 0 Å². The average molecular weight is 442 g/mol. The van der Waals surface area contributed by atoms with Gasteiger partial charge in [-0.05, 0) is 38.1 Å². The molecular formula is C19H27N3O7S. The average Bonchev–Trinajstić information content (AvgIpc) is 2.72. The lowest BCUT2D eigenvalue weighted by Gasteiger charge is -2.35. The van der Waals surface area contributed by atoms with E-state index in [9.17, 15) is 22.8 Å². The first-order valence-corrected chi connectivity index (χ1v) is 10.9. The molecule has 1 aromatic carbocycles. The van der Waals surface area contributed by atoms with Gasteiger partial charge in [0.15, 0.2) is 6.10 Å². The fourth-order valence-corrected chi connectivity index (χ4v) is 4.12. The van der Waals surface area contributed by atoms with Crippen LogP contribution in [0.2, 0.25) is 0 Å². The number of methoxy groups -OCH3 is 1. The Hall–Kier alpha value is -2.66. The van der Waals surface area contributed by atoms with E-state index in [4.69, 9.17) is 9.47 Å². The fraction of sp³-hybridized carbons (Fsp3) is 0.526. The van der Waals surface area contributed by atoms with Crippen molar-refractivity contribution in [2.45, 2.75) is 37.8 Å². The first kappa shape index (κ1) is 23.6. The zero-order valence-corrected chi connectivity index (χ0v) is 18.3. The molecule has 166 valence electrons. The number of carbonyl (C=O) groups is 3. The molecule has 30 heavy (non-hydrogen) atoms. The Morgan fingerprint density at radius 2 is 1.53 bits per heavy atom. The summed E-state index contributed by atoms with van der Waals surface area (Å²) >= 11 is 0. The summed E-state index contributed by atoms with van der Waals surface area (Å²) < 4.78 is 37.3. The van der Waals surface area contributed by atoms with Crippen LogP contribution in [0.25, 0.3) is 0 Å². The fourth-order valence-electron chi connectivity index (χ4n) is 2.93. The number of amides is 2. The number of esters is 1. The molecule has 1 heterocycles. The van der Waals surface area contributed by atoms with Crippen molar-refractivity contribution in [3.8, 4) is 5.75 Å². The highest BCUT2D eigenvalue weighted by Gasteiger charge is 2.30. The highest BCUT2D eigenvalue weighted by atomic mass is 32.2. The van der Waals surface area contributed by atoms with E-state index in [2.05, 4.69) is 4.72 Å². The molecule has 0 bridgehead atoms. The van der Waals surface area contributed by atoms with Crippen LogP contribution >= 0.6 is 0 Å². The third kappa shape index (κ3) is 5.92. The molecule has 2 amide bonds. The number of nitrogens with one attached hydrogen (secondary N) is 1. The zero-order chi connectivity index (χ0) is 22.5. The van der Waals surface area contributed by atoms with E-state index in [0.29, 0.717) is 31.9 Å². The summed E-state index contributed by atoms with van der Waals surface area (Å²) in [5, 5.41) is 0. The summed E-state index contributed by atoms with van der Waals surface area (Å²) in [6.45, 7) is 5.77. The van der Waals surface area contributed by atoms with E-state index in [1.165, 1.54) is 57.0 Å². The molecule has 2 atom stereocenters. The molecule has 0 spiro atoms. The molecule has 2 rings (SSSR count). The molecule has 0 radical (unpaired) electrons. The Kier molecular flexibility index (Phi) is 7.79. The predicted molar refractivity (Wildman–Crippen MR) is 107 cm³/mol. The lowest BCUT2D eigenvalue weighted by atomic mass is 10.2. The second kappa shape index (κ2) is 9.90. The van der Waals surface area contributed by atoms with Crippen LogP contribution < -0.4 is 9.46 Å². The number of ether oxygens (including phenoxy) is 2. The SMILES string of the molecule is COc1ccc(S(=O)(=O)N[C@@H](C)C(=O)OC(C)C(=O)N2CCN(C(C)=O)CC2)cc1. The van der Waals surface area contributed by atoms with Gasteiger partial charge >= 0.3 is 5.97 Å². The van der Waals surface area contributed by atoms with Gasteiger partial charge in [0, 0.05) is 33.1 Å². The highest BCUT2D eigenvalue weighted by Crippen LogP contribution is 2.16. The number of carbonyl (C=O) groups excluding carboxylic acids is 3. The lowest BCUT2D eigenvalue weighted by Crippen LogP contribution is -2.53. The van der Waals surface area contributed by atoms with Crippen molar-refractivity contribution in [1.29, 1.82) is 0 Å². The van der Waals surface area contributed by atoms with E-state index >= 15 is 0 Å². The van der Waals surface area contributed by atoms with Gasteiger partial charge in [-0.2, -0.15) is 4.72 Å². The summed E-state index contributed by atoms with van der Waals surface area (Å²) in [5.41, 5.74) is 0. The molecule has 1 N–H and O–H groups in total. The minimum atomic E-state index is -3.96. The van der Waals surface area contributed by atoms with Crippen molar-refractivity contribution < 1.29 is 32.3 Å². The molecule has 1 unspecified atom stereocenters. The molecule has 1 aliphatic rings. The first-order valence-electron chi connectivity index (χ1n) is 9.46. The van der Waals surface area contributed by atoms with Crippen LogP contribution in [0.15, 0.2) is 29.2 Å². The van der Waals surface area contributed by atoms with Crippen molar-refractivity contribution in [3.05, 3.63) is 24.3 Å². The molecule has 0 aromatic heterocycles. The molecule has 1 aromatic rings. The molecule has 1 fully saturated rings. The molecule has 1 saturated heterocycles. The van der Waals surface area contributed by atoms with Crippen LogP contribution in [0.1, 0.15) is 20.8 Å². The normalized spacial score (nSPS) is 16.5. The largest absolute Gasteiger partial charge is 0.497 e. The van der Waals surface area contributed by atoms with Crippen LogP contribution in [0.5, 0.6) is 5.75 Å². The molecule has 0 saturated carbocycles. The smallest absolute Gasteiger partial charge is 0.324 e. The Labute approximate surface area is 176 Å². The summed E-state index contributed by atoms with van der Waals surface area (Å²) in [6.07, 6.45) is -1.07. The minimum Gasteiger partial charge on any atom is -0.497 e. The van der Waals surface area contributed by atoms with Gasteiger partial charge in [0.2, 0.25) is 15.9 Å². The molecule has 1 aliphatic heterocycles. The van der Waals surface area contributed by atoms with E-state index in [0.717, 1.165) is 0 Å². The van der Waals surface area contributed by atoms with Gasteiger partial charge in [-0.1, -0.05) is 0 Å². The quantitative estimate of drug-likeness (QED) is 0.590. The third-order valence-corrected chi connectivity index (χ3v) is 6.29. The Bertz CT molecular complexity index is 878. The predicted octanol–water partition coefficient (Wildman–Crippen LogP) is -0.0156. The summed E-state index contributed by atoms with van der Waals surface area (Å²) in [4.78, 5) is 39.3. The molecule has 0 aliphatic carbocycles. The van der Waals surface area contributed by atoms with Crippen LogP contribution in [-0.4, -0.2) is 81.4 Å². The third-order valence-electron chi connectivity index (χ3n) is 4.73. The number of nitrogens with zero attached hydrogens (tertiary/aromatic N) is 2. The summed E-state index contributed by atoms with van der Waals surface area (Å²) in [6, 6.07) is 4.49. The van der Waals surface area contributed by atoms with E-state index in [-0.39, 0.29) is 10.8 Å². The maximum absolute atomic E-state index is 12.5. The number of rotatable bonds is 7. The monoisotopic (exact) mass is 441 g/mol. The topological polar surface area (TPSA) is 122 Å². The van der Waals surface area contributed by atoms with Gasteiger partial charge in [0.05, 0.1) is 12.0 Å². The van der Waals surface area contributed by atoms with Crippen molar-refractivity contribution in [1.82, 2.24) is 14.5 Å². The Morgan fingerprint density at radius 3 is 2.03 bits per heavy atom. The number of hydrogen-bond acceptors (Lipinski definition) is 7. The summed E-state index contributed by atoms with van der Waals surface area (Å²) in [7, 11) is -2.50. The molecule has 10 nitrogen and oxygen atoms in total. The maximum atomic E-state index is 12.5. The number of sulfonamides is 1. The van der Waals surface area contributed by atoms with Gasteiger partial charge in [-0.15, -0.1) is 0 Å². The standard InChI is InChI=1S/C19H27N3O7S/c1-13(20-30(26,27)17-7-5-16(28-4)6-8-17)19(25)29-14(2)18(24)22-11-9-21(10-12-22)15(3)23/h5-8,13-14,20H,9-12H2,1-4H3/t13-,14?/m0/s1. The van der Waals surface area contributed by atoms with Crippen LogP contribution in [-0.2, 0) is 29.1 Å². The van der Waals surface area contributed by atoms with Gasteiger partial charge in [-0.3, -0.25) is 14.4 Å². The van der Waals surface area contributed by atoms with Crippen molar-refractivity contribution in [2.24, 2.45) is 0 Å². The molecular weight excluding hydrogens is 414 g/mol. The second-order valence-corrected chi connectivity index (χ2v) is 8.64. The van der Waals surface area contributed by atoms with Gasteiger partial charge in [0.25, 0.3) is 5.91 Å². The van der Waals surface area contributed by atoms with E-state index < -0.39 is 34.0 Å². The Morgan fingerprint density at radius 1 is 1.00 bits per heavy atom. The maximum Gasteiger partial charge on any atom is 0.324 e. The highest BCUT2D eigenvalue weighted by molar-refractivity contribution is 7.89. The van der Waals surface area contributed by atoms with E-state index in [1.54, 1.807) is 4.90 Å². The van der Waals surface area contributed by atoms with Crippen LogP contribution in [0.3, 0.4) is 0 Å². The number of benzene rings is 1. The van der Waals surface area contributed by atoms with Crippen molar-refractivity contribution in [2.75, 3.05) is 33.3 Å².